The molecule has 0 aliphatic carbocycles. The molecule has 30 heavy (non-hydrogen) atoms. The maximum absolute atomic E-state index is 13.2. The minimum Gasteiger partial charge on any atom is -0.341 e. The van der Waals surface area contributed by atoms with Gasteiger partial charge in [-0.2, -0.15) is 0 Å². The summed E-state index contributed by atoms with van der Waals surface area (Å²) >= 11 is 0. The Balaban J connectivity index is 1.39. The molecule has 2 aliphatic heterocycles. The number of halogens is 1. The van der Waals surface area contributed by atoms with E-state index in [0.717, 1.165) is 17.7 Å². The lowest BCUT2D eigenvalue weighted by Gasteiger charge is -2.33. The lowest BCUT2D eigenvalue weighted by Crippen LogP contribution is -2.46. The lowest BCUT2D eigenvalue weighted by molar-refractivity contribution is -0.139. The van der Waals surface area contributed by atoms with E-state index in [0.29, 0.717) is 24.6 Å². The highest BCUT2D eigenvalue weighted by molar-refractivity contribution is 6.09. The minimum absolute atomic E-state index is 0.242. The molecule has 7 heteroatoms. The highest BCUT2D eigenvalue weighted by atomic mass is 19.1. The van der Waals surface area contributed by atoms with E-state index in [1.54, 1.807) is 11.8 Å². The monoisotopic (exact) mass is 409 g/mol. The Morgan fingerprint density at radius 1 is 1.07 bits per heavy atom. The number of nitrogens with zero attached hydrogens (tertiary/aromatic N) is 2. The van der Waals surface area contributed by atoms with Crippen molar-refractivity contribution < 1.29 is 18.8 Å². The highest BCUT2D eigenvalue weighted by Crippen LogP contribution is 2.30. The molecule has 2 aromatic carbocycles. The average molecular weight is 409 g/mol. The molecule has 4 rings (SSSR count). The summed E-state index contributed by atoms with van der Waals surface area (Å²) in [6, 6.07) is 15.0. The van der Waals surface area contributed by atoms with Crippen LogP contribution in [0, 0.1) is 5.82 Å². The maximum atomic E-state index is 13.2. The molecular formula is C23H24FN3O3. The molecule has 2 aliphatic rings. The zero-order valence-electron chi connectivity index (χ0n) is 16.8. The summed E-state index contributed by atoms with van der Waals surface area (Å²) < 4.78 is 13.2. The summed E-state index contributed by atoms with van der Waals surface area (Å²) in [4.78, 5) is 40.9. The van der Waals surface area contributed by atoms with Gasteiger partial charge in [0.25, 0.3) is 5.91 Å². The Kier molecular flexibility index (Phi) is 5.28. The molecule has 1 atom stereocenters. The van der Waals surface area contributed by atoms with Crippen molar-refractivity contribution in [3.05, 3.63) is 71.5 Å². The van der Waals surface area contributed by atoms with Crippen molar-refractivity contribution >= 4 is 17.8 Å². The van der Waals surface area contributed by atoms with Gasteiger partial charge in [-0.3, -0.25) is 14.5 Å². The summed E-state index contributed by atoms with van der Waals surface area (Å²) in [6.07, 6.45) is 1.70. The number of amides is 4. The van der Waals surface area contributed by atoms with Crippen LogP contribution in [0.4, 0.5) is 9.18 Å². The first-order valence-corrected chi connectivity index (χ1v) is 10.1. The van der Waals surface area contributed by atoms with Crippen molar-refractivity contribution in [2.45, 2.75) is 31.2 Å². The van der Waals surface area contributed by atoms with Gasteiger partial charge in [0.2, 0.25) is 5.91 Å². The first kappa shape index (κ1) is 20.1. The summed E-state index contributed by atoms with van der Waals surface area (Å²) in [5, 5.41) is 2.65. The molecule has 0 spiro atoms. The second-order valence-electron chi connectivity index (χ2n) is 8.02. The fourth-order valence-corrected chi connectivity index (χ4v) is 4.24. The molecule has 0 aromatic heterocycles. The summed E-state index contributed by atoms with van der Waals surface area (Å²) in [5.74, 6) is -0.765. The van der Waals surface area contributed by atoms with Crippen molar-refractivity contribution in [2.75, 3.05) is 19.6 Å². The Hall–Kier alpha value is -3.22. The number of carbonyl (C=O) groups excluding carboxylic acids is 3. The number of carbonyl (C=O) groups is 3. The summed E-state index contributed by atoms with van der Waals surface area (Å²) in [6.45, 7) is 2.46. The normalized spacial score (nSPS) is 22.3. The van der Waals surface area contributed by atoms with Crippen LogP contribution in [0.15, 0.2) is 54.6 Å². The maximum Gasteiger partial charge on any atom is 0.325 e. The summed E-state index contributed by atoms with van der Waals surface area (Å²) in [7, 11) is 0. The Bertz CT molecular complexity index is 955. The van der Waals surface area contributed by atoms with Crippen LogP contribution in [-0.4, -0.2) is 47.3 Å². The minimum atomic E-state index is -1.31. The van der Waals surface area contributed by atoms with E-state index < -0.39 is 23.3 Å². The largest absolute Gasteiger partial charge is 0.341 e. The van der Waals surface area contributed by atoms with Crippen LogP contribution in [0.1, 0.15) is 36.8 Å². The van der Waals surface area contributed by atoms with E-state index in [-0.39, 0.29) is 12.5 Å². The van der Waals surface area contributed by atoms with Gasteiger partial charge in [0, 0.05) is 13.1 Å². The quantitative estimate of drug-likeness (QED) is 0.790. The number of imide groups is 1. The van der Waals surface area contributed by atoms with E-state index in [9.17, 15) is 18.8 Å². The van der Waals surface area contributed by atoms with Gasteiger partial charge in [-0.15, -0.1) is 0 Å². The van der Waals surface area contributed by atoms with Gasteiger partial charge < -0.3 is 10.2 Å². The number of urea groups is 1. The van der Waals surface area contributed by atoms with Gasteiger partial charge >= 0.3 is 6.03 Å². The first-order valence-electron chi connectivity index (χ1n) is 10.1. The Morgan fingerprint density at radius 3 is 2.33 bits per heavy atom. The van der Waals surface area contributed by atoms with Crippen LogP contribution in [0.3, 0.4) is 0 Å². The number of likely N-dealkylation sites (tertiary alicyclic amines) is 1. The predicted molar refractivity (Wildman–Crippen MR) is 109 cm³/mol. The zero-order valence-corrected chi connectivity index (χ0v) is 16.8. The molecule has 2 heterocycles. The molecule has 0 radical (unpaired) electrons. The fraction of sp³-hybridized carbons (Fsp3) is 0.348. The number of rotatable bonds is 4. The SMILES string of the molecule is CC1(c2ccc(F)cc2)NC(=O)N(CC(=O)N2CCC(c3ccccc3)CC2)C1=O. The van der Waals surface area contributed by atoms with Crippen LogP contribution >= 0.6 is 0 Å². The number of piperidine rings is 1. The molecule has 1 unspecified atom stereocenters. The topological polar surface area (TPSA) is 69.7 Å². The van der Waals surface area contributed by atoms with Crippen molar-refractivity contribution in [2.24, 2.45) is 0 Å². The van der Waals surface area contributed by atoms with E-state index in [1.165, 1.54) is 29.8 Å². The number of nitrogens with one attached hydrogen (secondary N) is 1. The fourth-order valence-electron chi connectivity index (χ4n) is 4.24. The van der Waals surface area contributed by atoms with Gasteiger partial charge in [0.15, 0.2) is 0 Å². The number of benzene rings is 2. The van der Waals surface area contributed by atoms with Crippen LogP contribution < -0.4 is 5.32 Å². The predicted octanol–water partition coefficient (Wildman–Crippen LogP) is 3.00. The Labute approximate surface area is 174 Å². The lowest BCUT2D eigenvalue weighted by atomic mass is 9.89. The molecule has 2 aromatic rings. The number of hydrogen-bond donors (Lipinski definition) is 1. The molecule has 2 saturated heterocycles. The summed E-state index contributed by atoms with van der Waals surface area (Å²) in [5.41, 5.74) is 0.431. The van der Waals surface area contributed by atoms with E-state index in [4.69, 9.17) is 0 Å². The first-order chi connectivity index (χ1) is 14.4. The Morgan fingerprint density at radius 2 is 1.70 bits per heavy atom. The molecule has 2 fully saturated rings. The van der Waals surface area contributed by atoms with Crippen molar-refractivity contribution in [1.82, 2.24) is 15.1 Å². The van der Waals surface area contributed by atoms with Crippen LogP contribution in [0.5, 0.6) is 0 Å². The van der Waals surface area contributed by atoms with Crippen LogP contribution in [-0.2, 0) is 15.1 Å². The number of hydrogen-bond acceptors (Lipinski definition) is 3. The second-order valence-corrected chi connectivity index (χ2v) is 8.02. The zero-order chi connectivity index (χ0) is 21.3. The van der Waals surface area contributed by atoms with E-state index in [1.807, 2.05) is 18.2 Å². The third kappa shape index (κ3) is 3.67. The highest BCUT2D eigenvalue weighted by Gasteiger charge is 2.49. The van der Waals surface area contributed by atoms with E-state index >= 15 is 0 Å². The van der Waals surface area contributed by atoms with Crippen molar-refractivity contribution in [3.8, 4) is 0 Å². The van der Waals surface area contributed by atoms with Gasteiger partial charge in [0.1, 0.15) is 17.9 Å². The van der Waals surface area contributed by atoms with Gasteiger partial charge in [-0.05, 0) is 48.9 Å². The third-order valence-electron chi connectivity index (χ3n) is 6.11. The van der Waals surface area contributed by atoms with Crippen molar-refractivity contribution in [3.63, 3.8) is 0 Å². The van der Waals surface area contributed by atoms with Gasteiger partial charge in [0.05, 0.1) is 0 Å². The van der Waals surface area contributed by atoms with Crippen LogP contribution in [0.25, 0.3) is 0 Å². The molecule has 6 nitrogen and oxygen atoms in total. The molecule has 4 amide bonds. The standard InChI is InChI=1S/C23H24FN3O3/c1-23(18-7-9-19(24)10-8-18)21(29)27(22(30)25-23)15-20(28)26-13-11-17(12-14-26)16-5-3-2-4-6-16/h2-10,17H,11-15H2,1H3,(H,25,30). The second kappa shape index (κ2) is 7.89. The van der Waals surface area contributed by atoms with E-state index in [2.05, 4.69) is 17.4 Å². The molecular weight excluding hydrogens is 385 g/mol. The van der Waals surface area contributed by atoms with Crippen LogP contribution in [0.2, 0.25) is 0 Å². The van der Waals surface area contributed by atoms with Gasteiger partial charge in [-0.1, -0.05) is 42.5 Å². The molecule has 156 valence electrons. The molecule has 0 saturated carbocycles. The third-order valence-corrected chi connectivity index (χ3v) is 6.11. The smallest absolute Gasteiger partial charge is 0.325 e. The molecule has 0 bridgehead atoms. The van der Waals surface area contributed by atoms with Crippen molar-refractivity contribution in [1.29, 1.82) is 0 Å². The molecule has 1 N–H and O–H groups in total. The average Bonchev–Trinajstić information content (AvgIpc) is 2.98. The van der Waals surface area contributed by atoms with Gasteiger partial charge in [-0.25, -0.2) is 9.18 Å².